The first-order chi connectivity index (χ1) is 8.17. The van der Waals surface area contributed by atoms with E-state index in [2.05, 4.69) is 6.92 Å². The van der Waals surface area contributed by atoms with Gasteiger partial charge in [0.05, 0.1) is 13.2 Å². The number of hydrogen-bond acceptors (Lipinski definition) is 4. The number of ether oxygens (including phenoxy) is 2. The van der Waals surface area contributed by atoms with Gasteiger partial charge in [-0.25, -0.2) is 4.79 Å². The van der Waals surface area contributed by atoms with Crippen LogP contribution >= 0.6 is 0 Å². The Morgan fingerprint density at radius 2 is 2.24 bits per heavy atom. The number of Topliss-reactive ketones (excluding diaryl/α,β-unsaturated/α-hetero) is 1. The van der Waals surface area contributed by atoms with Gasteiger partial charge in [-0.3, -0.25) is 4.79 Å². The third-order valence-electron chi connectivity index (χ3n) is 2.82. The van der Waals surface area contributed by atoms with Gasteiger partial charge in [0.25, 0.3) is 0 Å². The first-order valence-corrected chi connectivity index (χ1v) is 6.15. The van der Waals surface area contributed by atoms with Gasteiger partial charge in [0.1, 0.15) is 5.76 Å². The minimum atomic E-state index is -0.649. The predicted octanol–water partition coefficient (Wildman–Crippen LogP) is 2.37. The fourth-order valence-corrected chi connectivity index (χ4v) is 1.80. The van der Waals surface area contributed by atoms with Crippen LogP contribution in [0.5, 0.6) is 0 Å². The Morgan fingerprint density at radius 1 is 1.47 bits per heavy atom. The minimum absolute atomic E-state index is 0.00268. The van der Waals surface area contributed by atoms with Gasteiger partial charge in [-0.15, -0.1) is 0 Å². The van der Waals surface area contributed by atoms with Crippen molar-refractivity contribution in [1.82, 2.24) is 0 Å². The SMILES string of the molecule is CCCCCCC(=O)[C@H]1CC(OC)=CC(=O)O1. The topological polar surface area (TPSA) is 52.6 Å². The molecule has 96 valence electrons. The van der Waals surface area contributed by atoms with E-state index in [1.807, 2.05) is 0 Å². The lowest BCUT2D eigenvalue weighted by Crippen LogP contribution is -2.30. The van der Waals surface area contributed by atoms with Gasteiger partial charge < -0.3 is 9.47 Å². The van der Waals surface area contributed by atoms with Crippen molar-refractivity contribution in [3.05, 3.63) is 11.8 Å². The van der Waals surface area contributed by atoms with Gasteiger partial charge in [0, 0.05) is 12.8 Å². The molecule has 0 aromatic heterocycles. The summed E-state index contributed by atoms with van der Waals surface area (Å²) in [5.74, 6) is 0.0327. The molecular weight excluding hydrogens is 220 g/mol. The van der Waals surface area contributed by atoms with Gasteiger partial charge in [0.15, 0.2) is 11.9 Å². The average Bonchev–Trinajstić information content (AvgIpc) is 2.33. The highest BCUT2D eigenvalue weighted by atomic mass is 16.6. The van der Waals surface area contributed by atoms with Crippen LogP contribution in [-0.2, 0) is 19.1 Å². The van der Waals surface area contributed by atoms with Gasteiger partial charge in [-0.05, 0) is 6.42 Å². The third kappa shape index (κ3) is 4.59. The second kappa shape index (κ2) is 7.09. The standard InChI is InChI=1S/C13H20O4/c1-3-4-5-6-7-11(14)12-8-10(16-2)9-13(15)17-12/h9,12H,3-8H2,1-2H3/t12-/m1/s1. The van der Waals surface area contributed by atoms with E-state index >= 15 is 0 Å². The summed E-state index contributed by atoms with van der Waals surface area (Å²) in [6.45, 7) is 2.13. The Morgan fingerprint density at radius 3 is 2.88 bits per heavy atom. The maximum atomic E-state index is 11.8. The van der Waals surface area contributed by atoms with Crippen LogP contribution < -0.4 is 0 Å². The fourth-order valence-electron chi connectivity index (χ4n) is 1.80. The van der Waals surface area contributed by atoms with Crippen LogP contribution in [0.4, 0.5) is 0 Å². The van der Waals surface area contributed by atoms with E-state index in [9.17, 15) is 9.59 Å². The molecule has 0 aliphatic carbocycles. The molecule has 0 saturated carbocycles. The van der Waals surface area contributed by atoms with E-state index < -0.39 is 12.1 Å². The Hall–Kier alpha value is -1.32. The highest BCUT2D eigenvalue weighted by Crippen LogP contribution is 2.18. The van der Waals surface area contributed by atoms with Crippen molar-refractivity contribution >= 4 is 11.8 Å². The van der Waals surface area contributed by atoms with Gasteiger partial charge in [-0.2, -0.15) is 0 Å². The molecule has 4 nitrogen and oxygen atoms in total. The number of hydrogen-bond donors (Lipinski definition) is 0. The number of rotatable bonds is 7. The zero-order chi connectivity index (χ0) is 12.7. The van der Waals surface area contributed by atoms with Crippen LogP contribution in [0.3, 0.4) is 0 Å². The summed E-state index contributed by atoms with van der Waals surface area (Å²) >= 11 is 0. The van der Waals surface area contributed by atoms with E-state index in [-0.39, 0.29) is 5.78 Å². The normalized spacial score (nSPS) is 19.5. The van der Waals surface area contributed by atoms with Crippen LogP contribution in [0.2, 0.25) is 0 Å². The molecule has 0 saturated heterocycles. The average molecular weight is 240 g/mol. The zero-order valence-corrected chi connectivity index (χ0v) is 10.5. The quantitative estimate of drug-likeness (QED) is 0.506. The number of unbranched alkanes of at least 4 members (excludes halogenated alkanes) is 3. The van der Waals surface area contributed by atoms with Crippen molar-refractivity contribution in [2.24, 2.45) is 0 Å². The molecule has 1 atom stereocenters. The Balaban J connectivity index is 2.37. The van der Waals surface area contributed by atoms with Crippen molar-refractivity contribution in [1.29, 1.82) is 0 Å². The first kappa shape index (κ1) is 13.7. The molecule has 0 amide bonds. The maximum absolute atomic E-state index is 11.8. The van der Waals surface area contributed by atoms with E-state index in [4.69, 9.17) is 9.47 Å². The van der Waals surface area contributed by atoms with Crippen LogP contribution in [-0.4, -0.2) is 25.0 Å². The molecule has 0 unspecified atom stereocenters. The zero-order valence-electron chi connectivity index (χ0n) is 10.5. The molecule has 0 N–H and O–H groups in total. The number of methoxy groups -OCH3 is 1. The molecule has 1 aliphatic rings. The second-order valence-corrected chi connectivity index (χ2v) is 4.22. The van der Waals surface area contributed by atoms with E-state index in [1.165, 1.54) is 13.2 Å². The van der Waals surface area contributed by atoms with E-state index in [0.29, 0.717) is 18.6 Å². The highest BCUT2D eigenvalue weighted by Gasteiger charge is 2.27. The van der Waals surface area contributed by atoms with Gasteiger partial charge in [-0.1, -0.05) is 26.2 Å². The van der Waals surface area contributed by atoms with Gasteiger partial charge >= 0.3 is 5.97 Å². The summed E-state index contributed by atoms with van der Waals surface area (Å²) in [5.41, 5.74) is 0. The van der Waals surface area contributed by atoms with Crippen molar-refractivity contribution in [2.75, 3.05) is 7.11 Å². The molecule has 0 aromatic carbocycles. The molecule has 0 aromatic rings. The largest absolute Gasteiger partial charge is 0.501 e. The Kier molecular flexibility index (Phi) is 5.73. The number of esters is 1. The number of ketones is 1. The van der Waals surface area contributed by atoms with Crippen LogP contribution in [0.1, 0.15) is 45.4 Å². The molecule has 0 radical (unpaired) electrons. The van der Waals surface area contributed by atoms with Crippen LogP contribution in [0.25, 0.3) is 0 Å². The summed E-state index contributed by atoms with van der Waals surface area (Å²) < 4.78 is 9.99. The molecule has 0 fully saturated rings. The summed E-state index contributed by atoms with van der Waals surface area (Å²) in [7, 11) is 1.49. The third-order valence-corrected chi connectivity index (χ3v) is 2.82. The molecule has 1 heterocycles. The maximum Gasteiger partial charge on any atom is 0.334 e. The molecule has 0 bridgehead atoms. The highest BCUT2D eigenvalue weighted by molar-refractivity contribution is 5.90. The number of carbonyl (C=O) groups excluding carboxylic acids is 2. The lowest BCUT2D eigenvalue weighted by atomic mass is 10.0. The molecule has 1 aliphatic heterocycles. The first-order valence-electron chi connectivity index (χ1n) is 6.15. The number of carbonyl (C=O) groups is 2. The van der Waals surface area contributed by atoms with Gasteiger partial charge in [0.2, 0.25) is 0 Å². The molecular formula is C13H20O4. The van der Waals surface area contributed by atoms with Crippen molar-refractivity contribution in [3.8, 4) is 0 Å². The molecule has 17 heavy (non-hydrogen) atoms. The smallest absolute Gasteiger partial charge is 0.334 e. The van der Waals surface area contributed by atoms with Crippen LogP contribution in [0, 0.1) is 0 Å². The molecule has 0 spiro atoms. The minimum Gasteiger partial charge on any atom is -0.501 e. The molecule has 4 heteroatoms. The Bertz CT molecular complexity index is 307. The monoisotopic (exact) mass is 240 g/mol. The van der Waals surface area contributed by atoms with E-state index in [0.717, 1.165) is 25.7 Å². The second-order valence-electron chi connectivity index (χ2n) is 4.22. The van der Waals surface area contributed by atoms with E-state index in [1.54, 1.807) is 0 Å². The van der Waals surface area contributed by atoms with Crippen molar-refractivity contribution < 1.29 is 19.1 Å². The summed E-state index contributed by atoms with van der Waals surface area (Å²) in [6.07, 6.45) is 5.70. The van der Waals surface area contributed by atoms with Crippen molar-refractivity contribution in [3.63, 3.8) is 0 Å². The number of cyclic esters (lactones) is 1. The fraction of sp³-hybridized carbons (Fsp3) is 0.692. The van der Waals surface area contributed by atoms with Crippen molar-refractivity contribution in [2.45, 2.75) is 51.6 Å². The lowest BCUT2D eigenvalue weighted by Gasteiger charge is -2.21. The Labute approximate surface area is 102 Å². The van der Waals surface area contributed by atoms with Crippen LogP contribution in [0.15, 0.2) is 11.8 Å². The summed E-state index contributed by atoms with van der Waals surface area (Å²) in [4.78, 5) is 23.0. The lowest BCUT2D eigenvalue weighted by molar-refractivity contribution is -0.152. The summed E-state index contributed by atoms with van der Waals surface area (Å²) in [6, 6.07) is 0. The predicted molar refractivity (Wildman–Crippen MR) is 63.4 cm³/mol. The molecule has 1 rings (SSSR count). The summed E-state index contributed by atoms with van der Waals surface area (Å²) in [5, 5.41) is 0.